The maximum Gasteiger partial charge on any atom is 0.00810 e. The summed E-state index contributed by atoms with van der Waals surface area (Å²) in [5.74, 6) is 1.66. The minimum Gasteiger partial charge on any atom is -0.330 e. The Bertz CT molecular complexity index is 344. The number of nitrogens with two attached hydrogens (primary N) is 1. The van der Waals surface area contributed by atoms with E-state index >= 15 is 0 Å². The summed E-state index contributed by atoms with van der Waals surface area (Å²) in [5, 5.41) is 0. The van der Waals surface area contributed by atoms with E-state index in [0.29, 0.717) is 0 Å². The standard InChI is InChI=1S/C15H23N/c1-11(2)13-8-15(9-13,10-16)14-6-4-12(3)5-7-14/h4-7,11,13H,8-10,16H2,1-3H3. The van der Waals surface area contributed by atoms with Gasteiger partial charge < -0.3 is 5.73 Å². The molecule has 1 aliphatic rings. The van der Waals surface area contributed by atoms with Gasteiger partial charge in [0, 0.05) is 12.0 Å². The molecule has 1 nitrogen and oxygen atoms in total. The summed E-state index contributed by atoms with van der Waals surface area (Å²) < 4.78 is 0. The van der Waals surface area contributed by atoms with Crippen LogP contribution in [-0.2, 0) is 5.41 Å². The molecule has 0 bridgehead atoms. The highest BCUT2D eigenvalue weighted by Crippen LogP contribution is 2.49. The summed E-state index contributed by atoms with van der Waals surface area (Å²) in [5.41, 5.74) is 9.05. The summed E-state index contributed by atoms with van der Waals surface area (Å²) in [7, 11) is 0. The molecule has 0 spiro atoms. The number of rotatable bonds is 3. The predicted octanol–water partition coefficient (Wildman–Crippen LogP) is 3.26. The van der Waals surface area contributed by atoms with Gasteiger partial charge in [-0.2, -0.15) is 0 Å². The van der Waals surface area contributed by atoms with E-state index in [1.165, 1.54) is 24.0 Å². The van der Waals surface area contributed by atoms with Gasteiger partial charge in [-0.15, -0.1) is 0 Å². The average molecular weight is 217 g/mol. The number of aryl methyl sites for hydroxylation is 1. The zero-order valence-corrected chi connectivity index (χ0v) is 10.7. The lowest BCUT2D eigenvalue weighted by molar-refractivity contribution is 0.106. The molecular weight excluding hydrogens is 194 g/mol. The first kappa shape index (κ1) is 11.7. The van der Waals surface area contributed by atoms with E-state index in [9.17, 15) is 0 Å². The van der Waals surface area contributed by atoms with Crippen LogP contribution in [0.1, 0.15) is 37.8 Å². The van der Waals surface area contributed by atoms with Gasteiger partial charge in [0.15, 0.2) is 0 Å². The minimum atomic E-state index is 0.280. The molecule has 2 N–H and O–H groups in total. The molecule has 1 fully saturated rings. The molecule has 1 aromatic rings. The predicted molar refractivity (Wildman–Crippen MR) is 69.5 cm³/mol. The number of hydrogen-bond donors (Lipinski definition) is 1. The largest absolute Gasteiger partial charge is 0.330 e. The van der Waals surface area contributed by atoms with Crippen LogP contribution in [0, 0.1) is 18.8 Å². The molecule has 0 aliphatic heterocycles. The maximum absolute atomic E-state index is 6.00. The van der Waals surface area contributed by atoms with E-state index in [4.69, 9.17) is 5.73 Å². The second-order valence-corrected chi connectivity index (χ2v) is 5.76. The third-order valence-corrected chi connectivity index (χ3v) is 4.30. The van der Waals surface area contributed by atoms with Gasteiger partial charge in [-0.1, -0.05) is 43.7 Å². The molecule has 1 aliphatic carbocycles. The third-order valence-electron chi connectivity index (χ3n) is 4.30. The van der Waals surface area contributed by atoms with E-state index in [1.54, 1.807) is 0 Å². The lowest BCUT2D eigenvalue weighted by Crippen LogP contribution is -2.48. The molecule has 1 saturated carbocycles. The van der Waals surface area contributed by atoms with Crippen molar-refractivity contribution in [3.63, 3.8) is 0 Å². The van der Waals surface area contributed by atoms with Gasteiger partial charge in [0.1, 0.15) is 0 Å². The van der Waals surface area contributed by atoms with Crippen molar-refractivity contribution in [3.8, 4) is 0 Å². The molecule has 1 aromatic carbocycles. The van der Waals surface area contributed by atoms with Gasteiger partial charge in [-0.05, 0) is 37.2 Å². The molecule has 0 aromatic heterocycles. The molecule has 0 amide bonds. The average Bonchev–Trinajstić information content (AvgIpc) is 2.19. The fourth-order valence-electron chi connectivity index (χ4n) is 2.84. The Labute approximate surface area is 99.0 Å². The van der Waals surface area contributed by atoms with Crippen LogP contribution in [0.4, 0.5) is 0 Å². The Hall–Kier alpha value is -0.820. The third kappa shape index (κ3) is 1.89. The highest BCUT2D eigenvalue weighted by Gasteiger charge is 2.45. The van der Waals surface area contributed by atoms with Crippen LogP contribution in [0.2, 0.25) is 0 Å². The summed E-state index contributed by atoms with van der Waals surface area (Å²) >= 11 is 0. The zero-order valence-electron chi connectivity index (χ0n) is 10.7. The SMILES string of the molecule is Cc1ccc(C2(CN)CC(C(C)C)C2)cc1. The molecule has 16 heavy (non-hydrogen) atoms. The molecular formula is C15H23N. The first-order valence-corrected chi connectivity index (χ1v) is 6.34. The van der Waals surface area contributed by atoms with Crippen LogP contribution in [0.25, 0.3) is 0 Å². The van der Waals surface area contributed by atoms with E-state index in [2.05, 4.69) is 45.0 Å². The Balaban J connectivity index is 2.16. The highest BCUT2D eigenvalue weighted by atomic mass is 14.6. The first-order chi connectivity index (χ1) is 7.57. The molecule has 0 atom stereocenters. The Kier molecular flexibility index (Phi) is 3.07. The molecule has 0 heterocycles. The van der Waals surface area contributed by atoms with Gasteiger partial charge in [0.2, 0.25) is 0 Å². The van der Waals surface area contributed by atoms with E-state index < -0.39 is 0 Å². The molecule has 1 heteroatoms. The Morgan fingerprint density at radius 1 is 1.25 bits per heavy atom. The normalized spacial score (nSPS) is 29.2. The van der Waals surface area contributed by atoms with Crippen molar-refractivity contribution in [3.05, 3.63) is 35.4 Å². The molecule has 0 unspecified atom stereocenters. The number of hydrogen-bond acceptors (Lipinski definition) is 1. The van der Waals surface area contributed by atoms with E-state index in [-0.39, 0.29) is 5.41 Å². The number of benzene rings is 1. The van der Waals surface area contributed by atoms with Crippen LogP contribution in [-0.4, -0.2) is 6.54 Å². The van der Waals surface area contributed by atoms with Gasteiger partial charge in [-0.3, -0.25) is 0 Å². The van der Waals surface area contributed by atoms with E-state index in [1.807, 2.05) is 0 Å². The van der Waals surface area contributed by atoms with Crippen LogP contribution in [0.5, 0.6) is 0 Å². The molecule has 2 rings (SSSR count). The van der Waals surface area contributed by atoms with Gasteiger partial charge in [-0.25, -0.2) is 0 Å². The van der Waals surface area contributed by atoms with Crippen molar-refractivity contribution >= 4 is 0 Å². The smallest absolute Gasteiger partial charge is 0.00810 e. The van der Waals surface area contributed by atoms with Crippen molar-refractivity contribution in [2.45, 2.75) is 39.0 Å². The summed E-state index contributed by atoms with van der Waals surface area (Å²) in [6.07, 6.45) is 2.54. The van der Waals surface area contributed by atoms with Gasteiger partial charge in [0.05, 0.1) is 0 Å². The van der Waals surface area contributed by atoms with Crippen molar-refractivity contribution in [1.82, 2.24) is 0 Å². The van der Waals surface area contributed by atoms with E-state index in [0.717, 1.165) is 18.4 Å². The van der Waals surface area contributed by atoms with Gasteiger partial charge >= 0.3 is 0 Å². The summed E-state index contributed by atoms with van der Waals surface area (Å²) in [6, 6.07) is 8.93. The van der Waals surface area contributed by atoms with Crippen LogP contribution in [0.15, 0.2) is 24.3 Å². The lowest BCUT2D eigenvalue weighted by atomic mass is 9.56. The Morgan fingerprint density at radius 2 is 1.81 bits per heavy atom. The van der Waals surface area contributed by atoms with Crippen molar-refractivity contribution in [2.75, 3.05) is 6.54 Å². The topological polar surface area (TPSA) is 26.0 Å². The highest BCUT2D eigenvalue weighted by molar-refractivity contribution is 5.32. The van der Waals surface area contributed by atoms with Crippen LogP contribution >= 0.6 is 0 Å². The maximum atomic E-state index is 6.00. The summed E-state index contributed by atoms with van der Waals surface area (Å²) in [4.78, 5) is 0. The van der Waals surface area contributed by atoms with Crippen molar-refractivity contribution in [1.29, 1.82) is 0 Å². The van der Waals surface area contributed by atoms with Crippen LogP contribution < -0.4 is 5.73 Å². The van der Waals surface area contributed by atoms with Crippen molar-refractivity contribution < 1.29 is 0 Å². The minimum absolute atomic E-state index is 0.280. The van der Waals surface area contributed by atoms with Crippen LogP contribution in [0.3, 0.4) is 0 Å². The second-order valence-electron chi connectivity index (χ2n) is 5.76. The zero-order chi connectivity index (χ0) is 11.8. The molecule has 88 valence electrons. The van der Waals surface area contributed by atoms with Gasteiger partial charge in [0.25, 0.3) is 0 Å². The fraction of sp³-hybridized carbons (Fsp3) is 0.600. The first-order valence-electron chi connectivity index (χ1n) is 6.34. The second kappa shape index (κ2) is 4.21. The van der Waals surface area contributed by atoms with Crippen molar-refractivity contribution in [2.24, 2.45) is 17.6 Å². The lowest BCUT2D eigenvalue weighted by Gasteiger charge is -2.49. The molecule has 0 saturated heterocycles. The summed E-state index contributed by atoms with van der Waals surface area (Å²) in [6.45, 7) is 7.57. The molecule has 0 radical (unpaired) electrons. The quantitative estimate of drug-likeness (QED) is 0.826. The fourth-order valence-corrected chi connectivity index (χ4v) is 2.84. The monoisotopic (exact) mass is 217 g/mol. The Morgan fingerprint density at radius 3 is 2.25 bits per heavy atom.